The van der Waals surface area contributed by atoms with Crippen molar-refractivity contribution >= 4 is 43.5 Å². The summed E-state index contributed by atoms with van der Waals surface area (Å²) in [5.74, 6) is -0.671. The van der Waals surface area contributed by atoms with Crippen molar-refractivity contribution in [1.82, 2.24) is 4.72 Å². The highest BCUT2D eigenvalue weighted by atomic mass is 79.9. The summed E-state index contributed by atoms with van der Waals surface area (Å²) in [4.78, 5) is 12.1. The largest absolute Gasteiger partial charge is 0.268 e. The van der Waals surface area contributed by atoms with Gasteiger partial charge in [0.05, 0.1) is 4.90 Å². The minimum Gasteiger partial charge on any atom is -0.268 e. The number of hydrogen-bond acceptors (Lipinski definition) is 3. The van der Waals surface area contributed by atoms with Gasteiger partial charge < -0.3 is 0 Å². The smallest absolute Gasteiger partial charge is 0.265 e. The lowest BCUT2D eigenvalue weighted by Crippen LogP contribution is -2.31. The molecule has 110 valence electrons. The number of amides is 1. The number of benzene rings is 2. The lowest BCUT2D eigenvalue weighted by molar-refractivity contribution is 0.0981. The van der Waals surface area contributed by atoms with Crippen molar-refractivity contribution in [3.8, 4) is 0 Å². The molecule has 0 heterocycles. The number of carbonyl (C=O) groups excluding carboxylic acids is 1. The van der Waals surface area contributed by atoms with Gasteiger partial charge in [-0.15, -0.1) is 0 Å². The van der Waals surface area contributed by atoms with Crippen LogP contribution in [0.3, 0.4) is 0 Å². The Hall–Kier alpha value is -1.37. The maximum Gasteiger partial charge on any atom is 0.265 e. The lowest BCUT2D eigenvalue weighted by Gasteiger charge is -2.09. The number of aryl methyl sites for hydroxylation is 1. The van der Waals surface area contributed by atoms with E-state index in [2.05, 4.69) is 15.9 Å². The molecule has 0 saturated carbocycles. The third-order valence-electron chi connectivity index (χ3n) is 2.78. The number of halogens is 2. The highest BCUT2D eigenvalue weighted by Gasteiger charge is 2.19. The molecule has 0 aliphatic carbocycles. The molecule has 0 fully saturated rings. The van der Waals surface area contributed by atoms with Crippen molar-refractivity contribution in [1.29, 1.82) is 0 Å². The standard InChI is InChI=1S/C14H11BrClNO3S/c1-9-8-10(15)2-7-13(9)14(18)17-21(19,20)12-5-3-11(16)4-6-12/h2-8H,1H3,(H,17,18). The number of nitrogens with one attached hydrogen (secondary N) is 1. The van der Waals surface area contributed by atoms with Crippen LogP contribution in [0, 0.1) is 6.92 Å². The van der Waals surface area contributed by atoms with E-state index in [0.29, 0.717) is 16.1 Å². The molecule has 1 amide bonds. The van der Waals surface area contributed by atoms with E-state index < -0.39 is 15.9 Å². The molecule has 2 aromatic rings. The monoisotopic (exact) mass is 387 g/mol. The van der Waals surface area contributed by atoms with Crippen molar-refractivity contribution in [3.05, 3.63) is 63.1 Å². The molecule has 0 bridgehead atoms. The molecular formula is C14H11BrClNO3S. The van der Waals surface area contributed by atoms with Crippen LogP contribution in [0.15, 0.2) is 51.8 Å². The van der Waals surface area contributed by atoms with E-state index in [1.54, 1.807) is 25.1 Å². The predicted molar refractivity (Wildman–Crippen MR) is 85.0 cm³/mol. The molecule has 2 aromatic carbocycles. The zero-order chi connectivity index (χ0) is 15.6. The minimum atomic E-state index is -3.92. The Kier molecular flexibility index (Phi) is 4.70. The second-order valence-electron chi connectivity index (χ2n) is 4.35. The molecule has 2 rings (SSSR count). The van der Waals surface area contributed by atoms with Crippen LogP contribution >= 0.6 is 27.5 Å². The molecule has 21 heavy (non-hydrogen) atoms. The summed E-state index contributed by atoms with van der Waals surface area (Å²) in [6, 6.07) is 10.6. The van der Waals surface area contributed by atoms with Crippen molar-refractivity contribution in [2.24, 2.45) is 0 Å². The fourth-order valence-corrected chi connectivity index (χ4v) is 3.30. The van der Waals surface area contributed by atoms with Crippen LogP contribution in [0.1, 0.15) is 15.9 Å². The van der Waals surface area contributed by atoms with Crippen LogP contribution in [0.5, 0.6) is 0 Å². The van der Waals surface area contributed by atoms with Crippen LogP contribution in [0.2, 0.25) is 5.02 Å². The van der Waals surface area contributed by atoms with Crippen molar-refractivity contribution in [2.45, 2.75) is 11.8 Å². The zero-order valence-corrected chi connectivity index (χ0v) is 14.1. The van der Waals surface area contributed by atoms with E-state index in [9.17, 15) is 13.2 Å². The maximum absolute atomic E-state index is 12.1. The minimum absolute atomic E-state index is 0.0185. The molecule has 4 nitrogen and oxygen atoms in total. The summed E-state index contributed by atoms with van der Waals surface area (Å²) >= 11 is 9.00. The molecular weight excluding hydrogens is 378 g/mol. The van der Waals surface area contributed by atoms with Gasteiger partial charge in [0.15, 0.2) is 0 Å². The summed E-state index contributed by atoms with van der Waals surface area (Å²) in [5.41, 5.74) is 0.976. The zero-order valence-electron chi connectivity index (χ0n) is 10.9. The quantitative estimate of drug-likeness (QED) is 0.875. The van der Waals surface area contributed by atoms with Gasteiger partial charge in [-0.3, -0.25) is 4.79 Å². The molecule has 0 aromatic heterocycles. The molecule has 0 aliphatic rings. The highest BCUT2D eigenvalue weighted by molar-refractivity contribution is 9.10. The topological polar surface area (TPSA) is 63.2 Å². The van der Waals surface area contributed by atoms with Crippen LogP contribution in [0.4, 0.5) is 0 Å². The summed E-state index contributed by atoms with van der Waals surface area (Å²) in [5, 5.41) is 0.420. The highest BCUT2D eigenvalue weighted by Crippen LogP contribution is 2.17. The maximum atomic E-state index is 12.1. The second-order valence-corrected chi connectivity index (χ2v) is 7.38. The molecule has 0 atom stereocenters. The average Bonchev–Trinajstić information content (AvgIpc) is 2.38. The molecule has 0 radical (unpaired) electrons. The predicted octanol–water partition coefficient (Wildman–Crippen LogP) is 3.53. The first-order valence-electron chi connectivity index (χ1n) is 5.88. The van der Waals surface area contributed by atoms with Crippen LogP contribution in [-0.4, -0.2) is 14.3 Å². The third-order valence-corrected chi connectivity index (χ3v) is 4.88. The first-order chi connectivity index (χ1) is 9.79. The van der Waals surface area contributed by atoms with E-state index in [0.717, 1.165) is 4.47 Å². The number of sulfonamides is 1. The van der Waals surface area contributed by atoms with Gasteiger partial charge in [-0.05, 0) is 55.0 Å². The van der Waals surface area contributed by atoms with Gasteiger partial charge in [-0.2, -0.15) is 0 Å². The lowest BCUT2D eigenvalue weighted by atomic mass is 10.1. The van der Waals surface area contributed by atoms with Crippen LogP contribution < -0.4 is 4.72 Å². The van der Waals surface area contributed by atoms with Gasteiger partial charge in [0.25, 0.3) is 15.9 Å². The Labute approximate surface area is 136 Å². The van der Waals surface area contributed by atoms with E-state index in [4.69, 9.17) is 11.6 Å². The average molecular weight is 389 g/mol. The molecule has 0 spiro atoms. The fraction of sp³-hybridized carbons (Fsp3) is 0.0714. The molecule has 0 aliphatic heterocycles. The van der Waals surface area contributed by atoms with Gasteiger partial charge in [-0.1, -0.05) is 27.5 Å². The van der Waals surface area contributed by atoms with Crippen molar-refractivity contribution in [2.75, 3.05) is 0 Å². The molecule has 1 N–H and O–H groups in total. The van der Waals surface area contributed by atoms with Gasteiger partial charge in [0.2, 0.25) is 0 Å². The number of carbonyl (C=O) groups is 1. The fourth-order valence-electron chi connectivity index (χ4n) is 1.73. The SMILES string of the molecule is Cc1cc(Br)ccc1C(=O)NS(=O)(=O)c1ccc(Cl)cc1. The Balaban J connectivity index is 2.28. The summed E-state index contributed by atoms with van der Waals surface area (Å²) in [6.45, 7) is 1.73. The Bertz CT molecular complexity index is 788. The molecule has 0 saturated heterocycles. The number of rotatable bonds is 3. The van der Waals surface area contributed by atoms with E-state index in [-0.39, 0.29) is 4.90 Å². The summed E-state index contributed by atoms with van der Waals surface area (Å²) in [6.07, 6.45) is 0. The first kappa shape index (κ1) is 16.0. The Morgan fingerprint density at radius 1 is 1.14 bits per heavy atom. The van der Waals surface area contributed by atoms with E-state index in [1.165, 1.54) is 24.3 Å². The second kappa shape index (κ2) is 6.17. The van der Waals surface area contributed by atoms with Gasteiger partial charge in [0, 0.05) is 15.1 Å². The first-order valence-corrected chi connectivity index (χ1v) is 8.54. The summed E-state index contributed by atoms with van der Waals surface area (Å²) in [7, 11) is -3.92. The Morgan fingerprint density at radius 3 is 2.33 bits per heavy atom. The number of hydrogen-bond donors (Lipinski definition) is 1. The third kappa shape index (κ3) is 3.84. The Morgan fingerprint density at radius 2 is 1.76 bits per heavy atom. The molecule has 7 heteroatoms. The van der Waals surface area contributed by atoms with Gasteiger partial charge in [-0.25, -0.2) is 13.1 Å². The van der Waals surface area contributed by atoms with Gasteiger partial charge >= 0.3 is 0 Å². The van der Waals surface area contributed by atoms with Crippen LogP contribution in [-0.2, 0) is 10.0 Å². The molecule has 0 unspecified atom stereocenters. The summed E-state index contributed by atoms with van der Waals surface area (Å²) < 4.78 is 27.1. The van der Waals surface area contributed by atoms with Gasteiger partial charge in [0.1, 0.15) is 0 Å². The van der Waals surface area contributed by atoms with Crippen LogP contribution in [0.25, 0.3) is 0 Å². The van der Waals surface area contributed by atoms with Crippen molar-refractivity contribution < 1.29 is 13.2 Å². The van der Waals surface area contributed by atoms with E-state index >= 15 is 0 Å². The van der Waals surface area contributed by atoms with E-state index in [1.807, 2.05) is 4.72 Å². The van der Waals surface area contributed by atoms with Crippen molar-refractivity contribution in [3.63, 3.8) is 0 Å². The normalized spacial score (nSPS) is 11.2.